The van der Waals surface area contributed by atoms with Crippen molar-refractivity contribution in [3.05, 3.63) is 87.1 Å². The van der Waals surface area contributed by atoms with Crippen LogP contribution in [0.5, 0.6) is 0 Å². The van der Waals surface area contributed by atoms with Crippen molar-refractivity contribution >= 4 is 38.9 Å². The highest BCUT2D eigenvalue weighted by molar-refractivity contribution is 7.89. The largest absolute Gasteiger partial charge is 0.344 e. The summed E-state index contributed by atoms with van der Waals surface area (Å²) >= 11 is 7.52. The van der Waals surface area contributed by atoms with Gasteiger partial charge in [0.15, 0.2) is 0 Å². The molecule has 0 fully saturated rings. The zero-order valence-corrected chi connectivity index (χ0v) is 16.5. The monoisotopic (exact) mass is 420 g/mol. The summed E-state index contributed by atoms with van der Waals surface area (Å²) in [5.41, 5.74) is 1.63. The number of carbonyl (C=O) groups is 1. The van der Waals surface area contributed by atoms with Gasteiger partial charge in [-0.15, -0.1) is 11.3 Å². The number of thiophene rings is 1. The topological polar surface area (TPSA) is 89.3 Å². The highest BCUT2D eigenvalue weighted by atomic mass is 35.5. The van der Waals surface area contributed by atoms with E-state index < -0.39 is 10.0 Å². The van der Waals surface area contributed by atoms with E-state index in [1.54, 1.807) is 35.6 Å². The van der Waals surface area contributed by atoms with Crippen molar-refractivity contribution in [3.8, 4) is 0 Å². The van der Waals surface area contributed by atoms with E-state index in [0.29, 0.717) is 10.6 Å². The number of sulfonamides is 1. The van der Waals surface area contributed by atoms with Crippen molar-refractivity contribution in [3.63, 3.8) is 0 Å². The van der Waals surface area contributed by atoms with Gasteiger partial charge in [-0.25, -0.2) is 13.6 Å². The molecule has 3 N–H and O–H groups in total. The number of hydrogen-bond acceptors (Lipinski definition) is 4. The van der Waals surface area contributed by atoms with Crippen molar-refractivity contribution in [2.24, 2.45) is 5.14 Å². The van der Waals surface area contributed by atoms with Crippen LogP contribution in [0.4, 0.5) is 0 Å². The summed E-state index contributed by atoms with van der Waals surface area (Å²) in [6.45, 7) is 0. The van der Waals surface area contributed by atoms with Gasteiger partial charge in [-0.1, -0.05) is 41.9 Å². The predicted octanol–water partition coefficient (Wildman–Crippen LogP) is 3.50. The molecule has 0 saturated carbocycles. The first-order chi connectivity index (χ1) is 12.8. The predicted molar refractivity (Wildman–Crippen MR) is 107 cm³/mol. The van der Waals surface area contributed by atoms with Crippen LogP contribution in [-0.2, 0) is 21.2 Å². The number of nitrogens with two attached hydrogens (primary N) is 1. The Balaban J connectivity index is 1.76. The molecule has 8 heteroatoms. The number of hydrogen-bond donors (Lipinski definition) is 2. The Labute approximate surface area is 166 Å². The average Bonchev–Trinajstić information content (AvgIpc) is 3.14. The van der Waals surface area contributed by atoms with Gasteiger partial charge in [0.25, 0.3) is 0 Å². The van der Waals surface area contributed by atoms with Crippen LogP contribution < -0.4 is 10.5 Å². The van der Waals surface area contributed by atoms with Gasteiger partial charge in [-0.05, 0) is 46.8 Å². The highest BCUT2D eigenvalue weighted by Gasteiger charge is 2.18. The molecule has 0 aliphatic heterocycles. The van der Waals surface area contributed by atoms with Crippen molar-refractivity contribution in [1.82, 2.24) is 5.32 Å². The summed E-state index contributed by atoms with van der Waals surface area (Å²) in [7, 11) is -3.75. The molecule has 0 aliphatic carbocycles. The van der Waals surface area contributed by atoms with Crippen LogP contribution in [-0.4, -0.2) is 14.3 Å². The molecule has 2 aromatic carbocycles. The van der Waals surface area contributed by atoms with E-state index in [-0.39, 0.29) is 23.3 Å². The van der Waals surface area contributed by atoms with Crippen LogP contribution in [0.1, 0.15) is 22.0 Å². The molecule has 1 heterocycles. The fraction of sp³-hybridized carbons (Fsp3) is 0.105. The Hall–Kier alpha value is -2.19. The summed E-state index contributed by atoms with van der Waals surface area (Å²) in [6, 6.07) is 16.9. The molecule has 1 amide bonds. The van der Waals surface area contributed by atoms with E-state index in [9.17, 15) is 13.2 Å². The Bertz CT molecular complexity index is 1020. The van der Waals surface area contributed by atoms with Gasteiger partial charge < -0.3 is 5.32 Å². The van der Waals surface area contributed by atoms with Gasteiger partial charge in [0.1, 0.15) is 0 Å². The second-order valence-electron chi connectivity index (χ2n) is 5.93. The molecule has 1 aromatic heterocycles. The SMILES string of the molecule is NS(=O)(=O)c1ccc(CC(=O)NC(c2ccc(Cl)cc2)c2cccs2)cc1. The molecular weight excluding hydrogens is 404 g/mol. The fourth-order valence-electron chi connectivity index (χ4n) is 2.62. The van der Waals surface area contributed by atoms with Crippen molar-refractivity contribution in [2.75, 3.05) is 0 Å². The number of rotatable bonds is 6. The van der Waals surface area contributed by atoms with E-state index in [1.807, 2.05) is 29.6 Å². The number of carbonyl (C=O) groups excluding carboxylic acids is 1. The lowest BCUT2D eigenvalue weighted by Gasteiger charge is -2.18. The molecular formula is C19H17ClN2O3S2. The van der Waals surface area contributed by atoms with E-state index in [0.717, 1.165) is 10.4 Å². The van der Waals surface area contributed by atoms with E-state index in [2.05, 4.69) is 5.32 Å². The third kappa shape index (κ3) is 5.17. The summed E-state index contributed by atoms with van der Waals surface area (Å²) in [5.74, 6) is -0.174. The molecule has 1 unspecified atom stereocenters. The van der Waals surface area contributed by atoms with Gasteiger partial charge in [-0.3, -0.25) is 4.79 Å². The highest BCUT2D eigenvalue weighted by Crippen LogP contribution is 2.27. The van der Waals surface area contributed by atoms with Gasteiger partial charge >= 0.3 is 0 Å². The minimum Gasteiger partial charge on any atom is -0.344 e. The van der Waals surface area contributed by atoms with E-state index in [4.69, 9.17) is 16.7 Å². The molecule has 0 spiro atoms. The van der Waals surface area contributed by atoms with Crippen LogP contribution in [0.25, 0.3) is 0 Å². The second kappa shape index (κ2) is 8.22. The lowest BCUT2D eigenvalue weighted by molar-refractivity contribution is -0.120. The first kappa shape index (κ1) is 19.6. The van der Waals surface area contributed by atoms with Gasteiger partial charge in [0.2, 0.25) is 15.9 Å². The first-order valence-corrected chi connectivity index (χ1v) is 10.8. The van der Waals surface area contributed by atoms with Crippen LogP contribution in [0, 0.1) is 0 Å². The number of primary sulfonamides is 1. The van der Waals surface area contributed by atoms with Crippen molar-refractivity contribution < 1.29 is 13.2 Å². The molecule has 27 heavy (non-hydrogen) atoms. The van der Waals surface area contributed by atoms with Crippen LogP contribution in [0.2, 0.25) is 5.02 Å². The van der Waals surface area contributed by atoms with Crippen LogP contribution in [0.15, 0.2) is 70.9 Å². The van der Waals surface area contributed by atoms with Gasteiger partial charge in [-0.2, -0.15) is 0 Å². The first-order valence-electron chi connectivity index (χ1n) is 8.03. The molecule has 3 rings (SSSR count). The Kier molecular flexibility index (Phi) is 5.96. The number of benzene rings is 2. The Morgan fingerprint density at radius 1 is 1.07 bits per heavy atom. The molecule has 140 valence electrons. The summed E-state index contributed by atoms with van der Waals surface area (Å²) in [4.78, 5) is 13.6. The molecule has 0 radical (unpaired) electrons. The lowest BCUT2D eigenvalue weighted by Crippen LogP contribution is -2.30. The summed E-state index contributed by atoms with van der Waals surface area (Å²) in [5, 5.41) is 10.7. The van der Waals surface area contributed by atoms with Crippen molar-refractivity contribution in [1.29, 1.82) is 0 Å². The Morgan fingerprint density at radius 2 is 1.74 bits per heavy atom. The maximum atomic E-state index is 12.6. The normalized spacial score (nSPS) is 12.5. The van der Waals surface area contributed by atoms with Crippen LogP contribution in [0.3, 0.4) is 0 Å². The zero-order chi connectivity index (χ0) is 19.4. The zero-order valence-electron chi connectivity index (χ0n) is 14.1. The maximum absolute atomic E-state index is 12.6. The maximum Gasteiger partial charge on any atom is 0.238 e. The minimum atomic E-state index is -3.75. The lowest BCUT2D eigenvalue weighted by atomic mass is 10.0. The van der Waals surface area contributed by atoms with Crippen LogP contribution >= 0.6 is 22.9 Å². The van der Waals surface area contributed by atoms with Gasteiger partial charge in [0, 0.05) is 9.90 Å². The Morgan fingerprint density at radius 3 is 2.30 bits per heavy atom. The third-order valence-corrected chi connectivity index (χ3v) is 6.07. The minimum absolute atomic E-state index is 0.0179. The molecule has 0 aliphatic rings. The number of amides is 1. The number of nitrogens with one attached hydrogen (secondary N) is 1. The molecule has 1 atom stereocenters. The fourth-order valence-corrected chi connectivity index (χ4v) is 4.07. The molecule has 5 nitrogen and oxygen atoms in total. The third-order valence-electron chi connectivity index (χ3n) is 3.95. The molecule has 0 saturated heterocycles. The van der Waals surface area contributed by atoms with Gasteiger partial charge in [0.05, 0.1) is 17.4 Å². The summed E-state index contributed by atoms with van der Waals surface area (Å²) in [6.07, 6.45) is 0.125. The average molecular weight is 421 g/mol. The number of halogens is 1. The molecule has 0 bridgehead atoms. The van der Waals surface area contributed by atoms with E-state index >= 15 is 0 Å². The van der Waals surface area contributed by atoms with E-state index in [1.165, 1.54) is 12.1 Å². The quantitative estimate of drug-likeness (QED) is 0.639. The standard InChI is InChI=1S/C19H17ClN2O3S2/c20-15-7-5-14(6-8-15)19(17-2-1-11-26-17)22-18(23)12-13-3-9-16(10-4-13)27(21,24)25/h1-11,19H,12H2,(H,22,23)(H2,21,24,25). The second-order valence-corrected chi connectivity index (χ2v) is 8.91. The van der Waals surface area contributed by atoms with Crippen molar-refractivity contribution in [2.45, 2.75) is 17.4 Å². The molecule has 3 aromatic rings. The smallest absolute Gasteiger partial charge is 0.238 e. The summed E-state index contributed by atoms with van der Waals surface area (Å²) < 4.78 is 22.6.